The molecule has 0 saturated carbocycles. The lowest BCUT2D eigenvalue weighted by Gasteiger charge is -2.15. The normalized spacial score (nSPS) is 15.2. The Morgan fingerprint density at radius 3 is 2.48 bits per heavy atom. The van der Waals surface area contributed by atoms with Gasteiger partial charge in [0.25, 0.3) is 0 Å². The van der Waals surface area contributed by atoms with Gasteiger partial charge >= 0.3 is 0 Å². The third-order valence-electron chi connectivity index (χ3n) is 4.84. The summed E-state index contributed by atoms with van der Waals surface area (Å²) in [7, 11) is 2.90. The lowest BCUT2D eigenvalue weighted by Crippen LogP contribution is -2.13. The number of ether oxygens (including phenoxy) is 2. The van der Waals surface area contributed by atoms with Crippen LogP contribution in [0.1, 0.15) is 28.0 Å². The summed E-state index contributed by atoms with van der Waals surface area (Å²) in [6.07, 6.45) is 2.98. The number of benzene rings is 2. The van der Waals surface area contributed by atoms with Gasteiger partial charge in [-0.25, -0.2) is 4.39 Å². The van der Waals surface area contributed by atoms with Crippen LogP contribution in [0.3, 0.4) is 0 Å². The number of H-pyrrole nitrogens is 1. The van der Waals surface area contributed by atoms with E-state index in [0.717, 1.165) is 11.2 Å². The van der Waals surface area contributed by atoms with E-state index in [0.29, 0.717) is 34.9 Å². The summed E-state index contributed by atoms with van der Waals surface area (Å²) in [5.41, 5.74) is 3.41. The number of fused-ring (bicyclic) bond motifs is 3. The van der Waals surface area contributed by atoms with Gasteiger partial charge < -0.3 is 19.6 Å². The first-order valence-corrected chi connectivity index (χ1v) is 8.52. The maximum Gasteiger partial charge on any atom is 0.200 e. The van der Waals surface area contributed by atoms with Crippen molar-refractivity contribution in [1.82, 2.24) is 4.98 Å². The molecule has 1 aliphatic rings. The van der Waals surface area contributed by atoms with Crippen LogP contribution in [0, 0.1) is 5.82 Å². The number of aryl methyl sites for hydroxylation is 1. The van der Waals surface area contributed by atoms with Gasteiger partial charge in [-0.15, -0.1) is 0 Å². The molecule has 2 aromatic carbocycles. The second-order valence-corrected chi connectivity index (χ2v) is 6.44. The van der Waals surface area contributed by atoms with Crippen molar-refractivity contribution in [2.24, 2.45) is 0 Å². The summed E-state index contributed by atoms with van der Waals surface area (Å²) in [5, 5.41) is 10.6. The van der Waals surface area contributed by atoms with Crippen molar-refractivity contribution in [2.45, 2.75) is 12.8 Å². The quantitative estimate of drug-likeness (QED) is 0.679. The van der Waals surface area contributed by atoms with Gasteiger partial charge in [0.2, 0.25) is 5.75 Å². The number of carbonyl (C=O) groups is 1. The third kappa shape index (κ3) is 2.83. The molecule has 0 radical (unpaired) electrons. The van der Waals surface area contributed by atoms with Crippen LogP contribution < -0.4 is 9.47 Å². The number of rotatable bonds is 3. The second kappa shape index (κ2) is 6.46. The van der Waals surface area contributed by atoms with Gasteiger partial charge in [-0.1, -0.05) is 0 Å². The molecule has 1 aromatic heterocycles. The number of hydrogen-bond donors (Lipinski definition) is 2. The van der Waals surface area contributed by atoms with Crippen molar-refractivity contribution in [3.05, 3.63) is 58.5 Å². The summed E-state index contributed by atoms with van der Waals surface area (Å²) in [4.78, 5) is 16.3. The van der Waals surface area contributed by atoms with Crippen LogP contribution in [0.4, 0.5) is 4.39 Å². The minimum atomic E-state index is -0.374. The minimum absolute atomic E-state index is 0.0912. The number of halogens is 1. The monoisotopic (exact) mass is 367 g/mol. The van der Waals surface area contributed by atoms with Crippen molar-refractivity contribution in [1.29, 1.82) is 0 Å². The van der Waals surface area contributed by atoms with E-state index in [1.807, 2.05) is 0 Å². The van der Waals surface area contributed by atoms with Gasteiger partial charge in [0.15, 0.2) is 17.3 Å². The summed E-state index contributed by atoms with van der Waals surface area (Å²) in [6, 6.07) is 7.69. The zero-order chi connectivity index (χ0) is 19.1. The lowest BCUT2D eigenvalue weighted by atomic mass is 9.88. The lowest BCUT2D eigenvalue weighted by molar-refractivity contribution is 0.102. The molecule has 0 atom stereocenters. The van der Waals surface area contributed by atoms with Gasteiger partial charge in [0, 0.05) is 22.2 Å². The number of ketones is 1. The van der Waals surface area contributed by atoms with Gasteiger partial charge in [-0.2, -0.15) is 0 Å². The van der Waals surface area contributed by atoms with Gasteiger partial charge in [-0.05, 0) is 54.8 Å². The van der Waals surface area contributed by atoms with Crippen LogP contribution in [-0.4, -0.2) is 30.1 Å². The Labute approximate surface area is 155 Å². The molecule has 6 heteroatoms. The summed E-state index contributed by atoms with van der Waals surface area (Å²) in [6.45, 7) is 0. The molecule has 27 heavy (non-hydrogen) atoms. The number of allylic oxidation sites excluding steroid dienone is 1. The van der Waals surface area contributed by atoms with Crippen molar-refractivity contribution in [3.8, 4) is 17.2 Å². The molecular formula is C21H18FNO4. The van der Waals surface area contributed by atoms with E-state index in [4.69, 9.17) is 9.47 Å². The number of Topliss-reactive ketones (excluding diaryl/α,β-unsaturated/α-hetero) is 1. The van der Waals surface area contributed by atoms with E-state index in [1.165, 1.54) is 26.4 Å². The molecule has 0 bridgehead atoms. The second-order valence-electron chi connectivity index (χ2n) is 6.44. The summed E-state index contributed by atoms with van der Waals surface area (Å²) < 4.78 is 24.0. The Bertz CT molecular complexity index is 1070. The molecule has 5 nitrogen and oxygen atoms in total. The van der Waals surface area contributed by atoms with E-state index < -0.39 is 0 Å². The average Bonchev–Trinajstić information content (AvgIpc) is 3.03. The molecule has 4 rings (SSSR count). The highest BCUT2D eigenvalue weighted by molar-refractivity contribution is 6.19. The predicted octanol–water partition coefficient (Wildman–Crippen LogP) is 4.24. The highest BCUT2D eigenvalue weighted by atomic mass is 19.1. The zero-order valence-electron chi connectivity index (χ0n) is 14.9. The standard InChI is InChI=1S/C21H18FNO4/c1-26-17-8-11(9-18(27-2)21(17)25)7-12-3-5-16-19(20(12)24)14-10-13(22)4-6-15(14)23-16/h4,6-10,23,25H,3,5H2,1-2H3. The van der Waals surface area contributed by atoms with Gasteiger partial charge in [0.05, 0.1) is 19.8 Å². The maximum absolute atomic E-state index is 13.7. The summed E-state index contributed by atoms with van der Waals surface area (Å²) >= 11 is 0. The Morgan fingerprint density at radius 2 is 1.81 bits per heavy atom. The van der Waals surface area contributed by atoms with Crippen LogP contribution in [0.2, 0.25) is 0 Å². The average molecular weight is 367 g/mol. The number of methoxy groups -OCH3 is 2. The van der Waals surface area contributed by atoms with Crippen molar-refractivity contribution in [2.75, 3.05) is 14.2 Å². The summed E-state index contributed by atoms with van der Waals surface area (Å²) in [5.74, 6) is -0.0644. The molecule has 138 valence electrons. The van der Waals surface area contributed by atoms with E-state index in [2.05, 4.69) is 4.98 Å². The number of phenols is 1. The molecule has 1 aliphatic carbocycles. The molecule has 0 amide bonds. The van der Waals surface area contributed by atoms with Crippen molar-refractivity contribution in [3.63, 3.8) is 0 Å². The third-order valence-corrected chi connectivity index (χ3v) is 4.84. The Morgan fingerprint density at radius 1 is 1.11 bits per heavy atom. The molecular weight excluding hydrogens is 349 g/mol. The van der Waals surface area contributed by atoms with Crippen LogP contribution >= 0.6 is 0 Å². The topological polar surface area (TPSA) is 71.6 Å². The largest absolute Gasteiger partial charge is 0.502 e. The first-order valence-electron chi connectivity index (χ1n) is 8.52. The molecule has 0 fully saturated rings. The molecule has 0 unspecified atom stereocenters. The number of aromatic amines is 1. The van der Waals surface area contributed by atoms with Crippen LogP contribution in [0.25, 0.3) is 17.0 Å². The van der Waals surface area contributed by atoms with Crippen LogP contribution in [0.15, 0.2) is 35.9 Å². The van der Waals surface area contributed by atoms with Gasteiger partial charge in [0.1, 0.15) is 5.82 Å². The first-order chi connectivity index (χ1) is 13.0. The first kappa shape index (κ1) is 17.1. The Kier molecular flexibility index (Phi) is 4.11. The van der Waals surface area contributed by atoms with E-state index in [-0.39, 0.29) is 28.8 Å². The van der Waals surface area contributed by atoms with Crippen molar-refractivity contribution >= 4 is 22.8 Å². The number of carbonyl (C=O) groups excluding carboxylic acids is 1. The highest BCUT2D eigenvalue weighted by Gasteiger charge is 2.26. The number of hydrogen-bond acceptors (Lipinski definition) is 4. The fourth-order valence-electron chi connectivity index (χ4n) is 3.54. The molecule has 0 saturated heterocycles. The fourth-order valence-corrected chi connectivity index (χ4v) is 3.54. The number of nitrogens with one attached hydrogen (secondary N) is 1. The Balaban J connectivity index is 1.80. The van der Waals surface area contributed by atoms with Gasteiger partial charge in [-0.3, -0.25) is 4.79 Å². The predicted molar refractivity (Wildman–Crippen MR) is 100 cm³/mol. The molecule has 0 spiro atoms. The highest BCUT2D eigenvalue weighted by Crippen LogP contribution is 2.39. The van der Waals surface area contributed by atoms with E-state index in [1.54, 1.807) is 24.3 Å². The molecule has 2 N–H and O–H groups in total. The van der Waals surface area contributed by atoms with E-state index >= 15 is 0 Å². The molecule has 3 aromatic rings. The fraction of sp³-hybridized carbons (Fsp3) is 0.190. The number of phenolic OH excluding ortho intramolecular Hbond substituents is 1. The zero-order valence-corrected chi connectivity index (χ0v) is 14.9. The van der Waals surface area contributed by atoms with Crippen molar-refractivity contribution < 1.29 is 23.8 Å². The van der Waals surface area contributed by atoms with Crippen LogP contribution in [0.5, 0.6) is 17.2 Å². The Hall–Kier alpha value is -3.28. The van der Waals surface area contributed by atoms with E-state index in [9.17, 15) is 14.3 Å². The minimum Gasteiger partial charge on any atom is -0.502 e. The number of aromatic hydroxyl groups is 1. The molecule has 1 heterocycles. The SMILES string of the molecule is COc1cc(C=C2CCc3[nH]c4ccc(F)cc4c3C2=O)cc(OC)c1O. The maximum atomic E-state index is 13.7. The number of aromatic nitrogens is 1. The molecule has 0 aliphatic heterocycles. The van der Waals surface area contributed by atoms with Crippen LogP contribution in [-0.2, 0) is 6.42 Å². The smallest absolute Gasteiger partial charge is 0.200 e.